The number of nitrogens with zero attached hydrogens (tertiary/aromatic N) is 3. The molecule has 6 nitrogen and oxygen atoms in total. The third-order valence-corrected chi connectivity index (χ3v) is 6.11. The average molecular weight is 442 g/mol. The zero-order valence-electron chi connectivity index (χ0n) is 18.8. The van der Waals surface area contributed by atoms with Crippen LogP contribution in [0.2, 0.25) is 0 Å². The number of rotatable bonds is 10. The first kappa shape index (κ1) is 23.0. The highest BCUT2D eigenvalue weighted by Gasteiger charge is 2.11. The smallest absolute Gasteiger partial charge is 0.279 e. The van der Waals surface area contributed by atoms with Crippen molar-refractivity contribution in [3.8, 4) is 5.75 Å². The highest BCUT2D eigenvalue weighted by molar-refractivity contribution is 7.16. The number of hydrogen-bond acceptors (Lipinski definition) is 5. The van der Waals surface area contributed by atoms with Crippen LogP contribution in [0.5, 0.6) is 5.75 Å². The molecule has 166 valence electrons. The highest BCUT2D eigenvalue weighted by Crippen LogP contribution is 2.24. The highest BCUT2D eigenvalue weighted by atomic mass is 32.1. The summed E-state index contributed by atoms with van der Waals surface area (Å²) < 4.78 is 14.3. The molecule has 0 saturated carbocycles. The van der Waals surface area contributed by atoms with Gasteiger partial charge in [0.25, 0.3) is 5.91 Å². The van der Waals surface area contributed by atoms with Gasteiger partial charge in [0.15, 0.2) is 4.80 Å². The summed E-state index contributed by atoms with van der Waals surface area (Å²) in [6.07, 6.45) is 0. The van der Waals surface area contributed by atoms with E-state index in [1.165, 1.54) is 11.3 Å². The first-order valence-electron chi connectivity index (χ1n) is 10.9. The molecule has 1 aromatic heterocycles. The van der Waals surface area contributed by atoms with Gasteiger partial charge in [-0.05, 0) is 70.2 Å². The van der Waals surface area contributed by atoms with Crippen molar-refractivity contribution in [2.45, 2.75) is 34.2 Å². The van der Waals surface area contributed by atoms with Crippen LogP contribution in [0.4, 0.5) is 5.69 Å². The number of thiazole rings is 1. The summed E-state index contributed by atoms with van der Waals surface area (Å²) in [7, 11) is 0. The molecule has 0 spiro atoms. The second kappa shape index (κ2) is 11.1. The molecule has 0 unspecified atom stereocenters. The Morgan fingerprint density at radius 3 is 2.42 bits per heavy atom. The van der Waals surface area contributed by atoms with Crippen LogP contribution in [0.15, 0.2) is 47.5 Å². The van der Waals surface area contributed by atoms with E-state index in [-0.39, 0.29) is 5.91 Å². The van der Waals surface area contributed by atoms with Crippen molar-refractivity contribution in [1.29, 1.82) is 0 Å². The summed E-state index contributed by atoms with van der Waals surface area (Å²) in [6.45, 7) is 12.5. The quantitative estimate of drug-likeness (QED) is 0.427. The van der Waals surface area contributed by atoms with Gasteiger partial charge < -0.3 is 18.9 Å². The lowest BCUT2D eigenvalue weighted by Gasteiger charge is -2.20. The summed E-state index contributed by atoms with van der Waals surface area (Å²) in [5.41, 5.74) is 2.72. The van der Waals surface area contributed by atoms with Crippen LogP contribution >= 0.6 is 11.3 Å². The molecule has 1 amide bonds. The van der Waals surface area contributed by atoms with Crippen LogP contribution in [0.3, 0.4) is 0 Å². The van der Waals surface area contributed by atoms with Crippen LogP contribution in [-0.2, 0) is 11.3 Å². The molecule has 0 aliphatic carbocycles. The van der Waals surface area contributed by atoms with E-state index in [4.69, 9.17) is 9.47 Å². The molecule has 0 fully saturated rings. The van der Waals surface area contributed by atoms with E-state index in [0.29, 0.717) is 36.7 Å². The topological polar surface area (TPSA) is 56.1 Å². The summed E-state index contributed by atoms with van der Waals surface area (Å²) in [5, 5.41) is 0. The molecule has 2 aromatic carbocycles. The van der Waals surface area contributed by atoms with Gasteiger partial charge in [0.05, 0.1) is 23.4 Å². The van der Waals surface area contributed by atoms with E-state index in [0.717, 1.165) is 34.7 Å². The number of fused-ring (bicyclic) bond motifs is 1. The maximum Gasteiger partial charge on any atom is 0.279 e. The fraction of sp³-hybridized carbons (Fsp3) is 0.417. The second-order valence-corrected chi connectivity index (χ2v) is 7.94. The molecule has 3 rings (SSSR count). The van der Waals surface area contributed by atoms with Crippen molar-refractivity contribution in [1.82, 2.24) is 4.57 Å². The number of hydrogen-bond donors (Lipinski definition) is 0. The van der Waals surface area contributed by atoms with E-state index in [2.05, 4.69) is 23.7 Å². The molecule has 1 heterocycles. The van der Waals surface area contributed by atoms with Crippen molar-refractivity contribution in [2.75, 3.05) is 37.8 Å². The van der Waals surface area contributed by atoms with Gasteiger partial charge in [0, 0.05) is 37.5 Å². The molecule has 0 bridgehead atoms. The zero-order chi connectivity index (χ0) is 22.2. The van der Waals surface area contributed by atoms with Gasteiger partial charge in [-0.3, -0.25) is 4.79 Å². The Bertz CT molecular complexity index is 1070. The van der Waals surface area contributed by atoms with E-state index in [1.54, 1.807) is 0 Å². The van der Waals surface area contributed by atoms with Crippen LogP contribution in [0.1, 0.15) is 38.1 Å². The van der Waals surface area contributed by atoms with Crippen molar-refractivity contribution < 1.29 is 14.3 Å². The minimum atomic E-state index is -0.243. The van der Waals surface area contributed by atoms with Crippen molar-refractivity contribution in [2.24, 2.45) is 4.99 Å². The Hall–Kier alpha value is -2.64. The molecule has 31 heavy (non-hydrogen) atoms. The fourth-order valence-electron chi connectivity index (χ4n) is 3.47. The van der Waals surface area contributed by atoms with Gasteiger partial charge >= 0.3 is 0 Å². The molecule has 3 aromatic rings. The number of carbonyl (C=O) groups is 1. The fourth-order valence-corrected chi connectivity index (χ4v) is 4.55. The predicted octanol–water partition coefficient (Wildman–Crippen LogP) is 4.73. The standard InChI is InChI=1S/C24H31N3O3S/c1-5-26(6-2)19-11-9-18(10-12-19)23(28)25-24-27(15-16-29-7-3)21-14-13-20(30-8-4)17-22(21)31-24/h9-14,17H,5-8,15-16H2,1-4H3. The number of carbonyl (C=O) groups excluding carboxylic acids is 1. The Morgan fingerprint density at radius 2 is 1.77 bits per heavy atom. The largest absolute Gasteiger partial charge is 0.494 e. The zero-order valence-corrected chi connectivity index (χ0v) is 19.6. The number of amides is 1. The van der Waals surface area contributed by atoms with Crippen LogP contribution in [0, 0.1) is 0 Å². The number of benzene rings is 2. The number of ether oxygens (including phenoxy) is 2. The molecule has 0 saturated heterocycles. The van der Waals surface area contributed by atoms with Gasteiger partial charge in [-0.25, -0.2) is 0 Å². The second-order valence-electron chi connectivity index (χ2n) is 6.93. The van der Waals surface area contributed by atoms with Crippen LogP contribution in [0.25, 0.3) is 10.2 Å². The van der Waals surface area contributed by atoms with Gasteiger partial charge in [-0.2, -0.15) is 4.99 Å². The molecule has 0 aliphatic heterocycles. The maximum atomic E-state index is 12.9. The summed E-state index contributed by atoms with van der Waals surface area (Å²) in [5.74, 6) is 0.575. The van der Waals surface area contributed by atoms with Crippen LogP contribution in [-0.4, -0.2) is 43.4 Å². The Labute approximate surface area is 187 Å². The Kier molecular flexibility index (Phi) is 8.26. The van der Waals surface area contributed by atoms with E-state index >= 15 is 0 Å². The van der Waals surface area contributed by atoms with Crippen molar-refractivity contribution >= 4 is 33.1 Å². The van der Waals surface area contributed by atoms with Crippen molar-refractivity contribution in [3.05, 3.63) is 52.8 Å². The van der Waals surface area contributed by atoms with Gasteiger partial charge in [-0.15, -0.1) is 0 Å². The lowest BCUT2D eigenvalue weighted by atomic mass is 10.2. The maximum absolute atomic E-state index is 12.9. The van der Waals surface area contributed by atoms with Crippen LogP contribution < -0.4 is 14.4 Å². The number of aromatic nitrogens is 1. The minimum absolute atomic E-state index is 0.243. The monoisotopic (exact) mass is 441 g/mol. The molecular formula is C24H31N3O3S. The Morgan fingerprint density at radius 1 is 1.03 bits per heavy atom. The van der Waals surface area contributed by atoms with E-state index < -0.39 is 0 Å². The average Bonchev–Trinajstić information content (AvgIpc) is 3.11. The van der Waals surface area contributed by atoms with Crippen molar-refractivity contribution in [3.63, 3.8) is 0 Å². The number of anilines is 1. The van der Waals surface area contributed by atoms with Gasteiger partial charge in [-0.1, -0.05) is 11.3 Å². The first-order chi connectivity index (χ1) is 15.1. The third-order valence-electron chi connectivity index (χ3n) is 5.07. The molecule has 0 aliphatic rings. The summed E-state index contributed by atoms with van der Waals surface area (Å²) >= 11 is 1.49. The molecule has 0 atom stereocenters. The van der Waals surface area contributed by atoms with E-state index in [9.17, 15) is 4.79 Å². The first-order valence-corrected chi connectivity index (χ1v) is 11.7. The third kappa shape index (κ3) is 5.54. The predicted molar refractivity (Wildman–Crippen MR) is 127 cm³/mol. The van der Waals surface area contributed by atoms with Gasteiger partial charge in [0.2, 0.25) is 0 Å². The molecule has 0 N–H and O–H groups in total. The van der Waals surface area contributed by atoms with E-state index in [1.807, 2.05) is 60.9 Å². The normalized spacial score (nSPS) is 11.8. The van der Waals surface area contributed by atoms with Gasteiger partial charge in [0.1, 0.15) is 5.75 Å². The minimum Gasteiger partial charge on any atom is -0.494 e. The lowest BCUT2D eigenvalue weighted by Crippen LogP contribution is -2.21. The molecule has 0 radical (unpaired) electrons. The Balaban J connectivity index is 1.96. The lowest BCUT2D eigenvalue weighted by molar-refractivity contribution is 0.0996. The molecule has 7 heteroatoms. The summed E-state index contributed by atoms with van der Waals surface area (Å²) in [6, 6.07) is 13.6. The SMILES string of the molecule is CCOCCn1c(=NC(=O)c2ccc(N(CC)CC)cc2)sc2cc(OCC)ccc21. The summed E-state index contributed by atoms with van der Waals surface area (Å²) in [4.78, 5) is 20.3. The molecular weight excluding hydrogens is 410 g/mol.